The first-order valence-electron chi connectivity index (χ1n) is 11.0. The van der Waals surface area contributed by atoms with Gasteiger partial charge in [0.15, 0.2) is 0 Å². The predicted octanol–water partition coefficient (Wildman–Crippen LogP) is 11.8. The Labute approximate surface area is 220 Å². The number of fused-ring (bicyclic) bond motifs is 9. The first-order chi connectivity index (χ1) is 16.6. The van der Waals surface area contributed by atoms with Crippen molar-refractivity contribution in [3.63, 3.8) is 0 Å². The van der Waals surface area contributed by atoms with Gasteiger partial charge in [0.05, 0.1) is 9.40 Å². The summed E-state index contributed by atoms with van der Waals surface area (Å²) in [5.41, 5.74) is 2.70. The lowest BCUT2D eigenvalue weighted by atomic mass is 10.1. The second-order valence-corrected chi connectivity index (χ2v) is 14.8. The van der Waals surface area contributed by atoms with Crippen LogP contribution < -0.4 is 0 Å². The molecule has 0 N–H and O–H groups in total. The van der Waals surface area contributed by atoms with E-state index < -0.39 is 0 Å². The first-order valence-corrected chi connectivity index (χ1v) is 16.0. The van der Waals surface area contributed by atoms with Crippen molar-refractivity contribution in [3.05, 3.63) is 70.4 Å². The topological polar surface area (TPSA) is 0 Å². The van der Waals surface area contributed by atoms with Gasteiger partial charge in [-0.2, -0.15) is 0 Å². The van der Waals surface area contributed by atoms with Gasteiger partial charge in [-0.05, 0) is 72.1 Å². The fraction of sp³-hybridized carbons (Fsp3) is 0.0714. The van der Waals surface area contributed by atoms with Crippen LogP contribution in [0, 0.1) is 13.8 Å². The van der Waals surface area contributed by atoms with Crippen LogP contribution in [0.4, 0.5) is 0 Å². The van der Waals surface area contributed by atoms with E-state index in [4.69, 9.17) is 0 Å². The lowest BCUT2D eigenvalue weighted by Crippen LogP contribution is -1.65. The van der Waals surface area contributed by atoms with Gasteiger partial charge in [0, 0.05) is 59.9 Å². The molecule has 0 amide bonds. The standard InChI is InChI=1S/C28H16S6/c1-13-7-21(29-11-13)23-9-17-19(31-23)5-3-15-25(17)33-28-16-4-6-20-18(26(16)34-27(15)28)10-24(32-20)22-8-14(2)12-30-22/h3-12H,1-2H3. The van der Waals surface area contributed by atoms with Crippen molar-refractivity contribution in [1.29, 1.82) is 0 Å². The molecule has 0 atom stereocenters. The number of hydrogen-bond acceptors (Lipinski definition) is 6. The molecule has 0 spiro atoms. The fourth-order valence-electron chi connectivity index (χ4n) is 4.77. The molecule has 0 aliphatic rings. The number of aryl methyl sites for hydroxylation is 2. The molecule has 6 heteroatoms. The Morgan fingerprint density at radius 3 is 1.32 bits per heavy atom. The van der Waals surface area contributed by atoms with Gasteiger partial charge in [0.25, 0.3) is 0 Å². The molecule has 0 unspecified atom stereocenters. The van der Waals surface area contributed by atoms with E-state index >= 15 is 0 Å². The highest BCUT2D eigenvalue weighted by Crippen LogP contribution is 2.51. The lowest BCUT2D eigenvalue weighted by Gasteiger charge is -1.94. The molecule has 0 aliphatic heterocycles. The molecule has 34 heavy (non-hydrogen) atoms. The first kappa shape index (κ1) is 20.2. The molecule has 0 radical (unpaired) electrons. The van der Waals surface area contributed by atoms with Crippen LogP contribution in [-0.2, 0) is 0 Å². The third-order valence-electron chi connectivity index (χ3n) is 6.35. The average molecular weight is 545 g/mol. The molecular weight excluding hydrogens is 529 g/mol. The van der Waals surface area contributed by atoms with Gasteiger partial charge >= 0.3 is 0 Å². The van der Waals surface area contributed by atoms with E-state index in [2.05, 4.69) is 73.1 Å². The average Bonchev–Trinajstić information content (AvgIpc) is 3.62. The largest absolute Gasteiger partial charge is 0.143 e. The minimum atomic E-state index is 1.35. The van der Waals surface area contributed by atoms with Crippen molar-refractivity contribution in [2.45, 2.75) is 13.8 Å². The van der Waals surface area contributed by atoms with Crippen molar-refractivity contribution in [2.75, 3.05) is 0 Å². The third-order valence-corrected chi connectivity index (χ3v) is 13.7. The van der Waals surface area contributed by atoms with Crippen molar-refractivity contribution in [1.82, 2.24) is 0 Å². The van der Waals surface area contributed by atoms with E-state index in [1.165, 1.54) is 80.4 Å². The number of hydrogen-bond donors (Lipinski definition) is 0. The maximum atomic E-state index is 2.42. The van der Waals surface area contributed by atoms with Crippen LogP contribution in [0.25, 0.3) is 69.3 Å². The second-order valence-electron chi connectivity index (χ2n) is 8.77. The minimum Gasteiger partial charge on any atom is -0.143 e. The van der Waals surface area contributed by atoms with Crippen LogP contribution in [0.1, 0.15) is 11.1 Å². The van der Waals surface area contributed by atoms with Crippen LogP contribution in [0.2, 0.25) is 0 Å². The number of benzene rings is 2. The number of rotatable bonds is 2. The summed E-state index contributed by atoms with van der Waals surface area (Å²) in [5.74, 6) is 0. The molecular formula is C28H16S6. The Bertz CT molecular complexity index is 1900. The maximum absolute atomic E-state index is 2.42. The molecule has 8 rings (SSSR count). The smallest absolute Gasteiger partial charge is 0.0542 e. The summed E-state index contributed by atoms with van der Waals surface area (Å²) in [6, 6.07) is 18.8. The third kappa shape index (κ3) is 2.84. The van der Waals surface area contributed by atoms with E-state index in [1.54, 1.807) is 0 Å². The summed E-state index contributed by atoms with van der Waals surface area (Å²) in [7, 11) is 0. The molecule has 0 saturated heterocycles. The molecule has 8 aromatic rings. The van der Waals surface area contributed by atoms with Crippen LogP contribution in [0.15, 0.2) is 59.3 Å². The Balaban J connectivity index is 1.37. The molecule has 164 valence electrons. The summed E-state index contributed by atoms with van der Waals surface area (Å²) in [4.78, 5) is 5.54. The molecule has 0 bridgehead atoms. The van der Waals surface area contributed by atoms with Gasteiger partial charge in [-0.1, -0.05) is 12.1 Å². The minimum absolute atomic E-state index is 1.35. The van der Waals surface area contributed by atoms with Crippen molar-refractivity contribution < 1.29 is 0 Å². The molecule has 2 aromatic carbocycles. The maximum Gasteiger partial charge on any atom is 0.0542 e. The zero-order valence-electron chi connectivity index (χ0n) is 18.2. The second kappa shape index (κ2) is 7.23. The highest BCUT2D eigenvalue weighted by atomic mass is 32.1. The summed E-state index contributed by atoms with van der Waals surface area (Å²) < 4.78 is 8.56. The van der Waals surface area contributed by atoms with Crippen LogP contribution in [-0.4, -0.2) is 0 Å². The van der Waals surface area contributed by atoms with E-state index in [1.807, 2.05) is 68.0 Å². The SMILES string of the molecule is Cc1csc(-c2cc3c(ccc4c3sc3c5ccc6sc(-c7cc(C)cs7)cc6c5sc43)s2)c1. The van der Waals surface area contributed by atoms with Crippen molar-refractivity contribution in [3.8, 4) is 19.5 Å². The molecule has 0 fully saturated rings. The predicted molar refractivity (Wildman–Crippen MR) is 162 cm³/mol. The van der Waals surface area contributed by atoms with Crippen molar-refractivity contribution >= 4 is 118 Å². The Morgan fingerprint density at radius 2 is 0.912 bits per heavy atom. The van der Waals surface area contributed by atoms with Gasteiger partial charge in [0.1, 0.15) is 0 Å². The Kier molecular flexibility index (Phi) is 4.29. The molecule has 0 nitrogen and oxygen atoms in total. The van der Waals surface area contributed by atoms with E-state index in [0.29, 0.717) is 0 Å². The monoisotopic (exact) mass is 544 g/mol. The van der Waals surface area contributed by atoms with Gasteiger partial charge in [-0.3, -0.25) is 0 Å². The molecule has 6 heterocycles. The number of thiophene rings is 6. The van der Waals surface area contributed by atoms with Gasteiger partial charge in [0.2, 0.25) is 0 Å². The summed E-state index contributed by atoms with van der Waals surface area (Å²) in [6.45, 7) is 4.36. The van der Waals surface area contributed by atoms with E-state index in [-0.39, 0.29) is 0 Å². The van der Waals surface area contributed by atoms with Crippen molar-refractivity contribution in [2.24, 2.45) is 0 Å². The summed E-state index contributed by atoms with van der Waals surface area (Å²) >= 11 is 11.5. The zero-order chi connectivity index (χ0) is 22.6. The lowest BCUT2D eigenvalue weighted by molar-refractivity contribution is 1.56. The Hall–Kier alpha value is -2.06. The van der Waals surface area contributed by atoms with E-state index in [0.717, 1.165) is 0 Å². The van der Waals surface area contributed by atoms with Gasteiger partial charge in [-0.15, -0.1) is 68.0 Å². The highest BCUT2D eigenvalue weighted by molar-refractivity contribution is 7.38. The molecule has 0 aliphatic carbocycles. The molecule has 0 saturated carbocycles. The highest BCUT2D eigenvalue weighted by Gasteiger charge is 2.18. The summed E-state index contributed by atoms with van der Waals surface area (Å²) in [5, 5.41) is 10.2. The Morgan fingerprint density at radius 1 is 0.441 bits per heavy atom. The van der Waals surface area contributed by atoms with E-state index in [9.17, 15) is 0 Å². The quantitative estimate of drug-likeness (QED) is 0.203. The zero-order valence-corrected chi connectivity index (χ0v) is 23.1. The van der Waals surface area contributed by atoms with Crippen LogP contribution in [0.3, 0.4) is 0 Å². The van der Waals surface area contributed by atoms with Gasteiger partial charge in [-0.25, -0.2) is 0 Å². The van der Waals surface area contributed by atoms with Gasteiger partial charge < -0.3 is 0 Å². The summed E-state index contributed by atoms with van der Waals surface area (Å²) in [6.07, 6.45) is 0. The van der Waals surface area contributed by atoms with Crippen LogP contribution >= 0.6 is 68.0 Å². The van der Waals surface area contributed by atoms with Crippen LogP contribution in [0.5, 0.6) is 0 Å². The normalized spacial score (nSPS) is 12.4. The molecule has 6 aromatic heterocycles. The fourth-order valence-corrected chi connectivity index (χ4v) is 11.9.